The predicted octanol–water partition coefficient (Wildman–Crippen LogP) is 2.22. The van der Waals surface area contributed by atoms with Gasteiger partial charge >= 0.3 is 0 Å². The number of hydrogen-bond donors (Lipinski definition) is 0. The van der Waals surface area contributed by atoms with Crippen LogP contribution in [0.2, 0.25) is 0 Å². The van der Waals surface area contributed by atoms with E-state index in [0.717, 1.165) is 47.3 Å². The van der Waals surface area contributed by atoms with Gasteiger partial charge in [-0.25, -0.2) is 4.68 Å². The van der Waals surface area contributed by atoms with Gasteiger partial charge in [-0.2, -0.15) is 5.10 Å². The van der Waals surface area contributed by atoms with Crippen LogP contribution < -0.4 is 10.5 Å². The minimum absolute atomic E-state index is 0.0615. The summed E-state index contributed by atoms with van der Waals surface area (Å²) in [6, 6.07) is 7.16. The number of anilines is 1. The molecule has 4 heterocycles. The minimum Gasteiger partial charge on any atom is -0.377 e. The largest absolute Gasteiger partial charge is 0.377 e. The molecule has 0 radical (unpaired) electrons. The van der Waals surface area contributed by atoms with Gasteiger partial charge in [0.15, 0.2) is 0 Å². The highest BCUT2D eigenvalue weighted by atomic mass is 32.1. The van der Waals surface area contributed by atoms with Crippen molar-refractivity contribution in [1.82, 2.24) is 25.0 Å². The lowest BCUT2D eigenvalue weighted by atomic mass is 9.97. The second kappa shape index (κ2) is 8.57. The lowest BCUT2D eigenvalue weighted by Gasteiger charge is -2.31. The van der Waals surface area contributed by atoms with Crippen molar-refractivity contribution in [2.75, 3.05) is 25.1 Å². The summed E-state index contributed by atoms with van der Waals surface area (Å²) in [4.78, 5) is 18.6. The molecule has 28 heavy (non-hydrogen) atoms. The maximum absolute atomic E-state index is 12.3. The molecule has 3 aromatic heterocycles. The van der Waals surface area contributed by atoms with Gasteiger partial charge in [-0.15, -0.1) is 10.2 Å². The van der Waals surface area contributed by atoms with Crippen LogP contribution in [0, 0.1) is 5.92 Å². The molecule has 8 nitrogen and oxygen atoms in total. The SMILES string of the molecule is COCc1nnc(N2CCC(Cn3nc(-c4ccncc4)ccc3=O)CC2)s1. The molecule has 1 saturated heterocycles. The predicted molar refractivity (Wildman–Crippen MR) is 107 cm³/mol. The van der Waals surface area contributed by atoms with Crippen LogP contribution in [0.25, 0.3) is 11.3 Å². The average Bonchev–Trinajstić information content (AvgIpc) is 3.20. The van der Waals surface area contributed by atoms with Crippen LogP contribution in [0.3, 0.4) is 0 Å². The van der Waals surface area contributed by atoms with Crippen molar-refractivity contribution in [2.45, 2.75) is 26.0 Å². The Balaban J connectivity index is 1.40. The number of ether oxygens (including phenoxy) is 1. The first-order chi connectivity index (χ1) is 13.7. The molecule has 0 bridgehead atoms. The van der Waals surface area contributed by atoms with Crippen LogP contribution in [0.1, 0.15) is 17.8 Å². The number of aromatic nitrogens is 5. The Morgan fingerprint density at radius 2 is 1.93 bits per heavy atom. The molecule has 0 aromatic carbocycles. The Morgan fingerprint density at radius 1 is 1.14 bits per heavy atom. The van der Waals surface area contributed by atoms with E-state index in [-0.39, 0.29) is 5.56 Å². The van der Waals surface area contributed by atoms with E-state index in [1.807, 2.05) is 12.1 Å². The Morgan fingerprint density at radius 3 is 2.68 bits per heavy atom. The number of piperidine rings is 1. The molecule has 0 amide bonds. The van der Waals surface area contributed by atoms with E-state index in [1.165, 1.54) is 0 Å². The normalized spacial score (nSPS) is 15.1. The molecule has 4 rings (SSSR count). The van der Waals surface area contributed by atoms with Crippen LogP contribution in [0.15, 0.2) is 41.5 Å². The van der Waals surface area contributed by atoms with Gasteiger partial charge in [-0.1, -0.05) is 11.3 Å². The fraction of sp³-hybridized carbons (Fsp3) is 0.421. The van der Waals surface area contributed by atoms with Gasteiger partial charge in [0.25, 0.3) is 5.56 Å². The number of nitrogens with zero attached hydrogens (tertiary/aromatic N) is 6. The second-order valence-electron chi connectivity index (χ2n) is 6.82. The summed E-state index contributed by atoms with van der Waals surface area (Å²) < 4.78 is 6.71. The molecule has 1 aliphatic heterocycles. The minimum atomic E-state index is -0.0615. The molecule has 0 saturated carbocycles. The molecule has 3 aromatic rings. The van der Waals surface area contributed by atoms with Crippen molar-refractivity contribution in [3.8, 4) is 11.3 Å². The second-order valence-corrected chi connectivity index (χ2v) is 7.86. The summed E-state index contributed by atoms with van der Waals surface area (Å²) in [7, 11) is 1.66. The molecule has 0 atom stereocenters. The molecular weight excluding hydrogens is 376 g/mol. The fourth-order valence-electron chi connectivity index (χ4n) is 3.36. The van der Waals surface area contributed by atoms with E-state index < -0.39 is 0 Å². The lowest BCUT2D eigenvalue weighted by molar-refractivity contribution is 0.184. The zero-order chi connectivity index (χ0) is 19.3. The van der Waals surface area contributed by atoms with Crippen LogP contribution >= 0.6 is 11.3 Å². The molecule has 0 spiro atoms. The highest BCUT2D eigenvalue weighted by Crippen LogP contribution is 2.27. The summed E-state index contributed by atoms with van der Waals surface area (Å²) in [5.74, 6) is 0.417. The molecule has 0 unspecified atom stereocenters. The van der Waals surface area contributed by atoms with Gasteiger partial charge in [0.2, 0.25) is 5.13 Å². The molecule has 0 N–H and O–H groups in total. The molecule has 1 fully saturated rings. The zero-order valence-electron chi connectivity index (χ0n) is 15.7. The quantitative estimate of drug-likeness (QED) is 0.629. The fourth-order valence-corrected chi connectivity index (χ4v) is 4.22. The van der Waals surface area contributed by atoms with Crippen molar-refractivity contribution in [2.24, 2.45) is 5.92 Å². The maximum atomic E-state index is 12.3. The topological polar surface area (TPSA) is 86.0 Å². The van der Waals surface area contributed by atoms with Crippen molar-refractivity contribution in [3.05, 3.63) is 52.0 Å². The molecule has 146 valence electrons. The molecule has 9 heteroatoms. The third-order valence-corrected chi connectivity index (χ3v) is 5.84. The Bertz CT molecular complexity index is 966. The monoisotopic (exact) mass is 398 g/mol. The van der Waals surface area contributed by atoms with Crippen molar-refractivity contribution < 1.29 is 4.74 Å². The van der Waals surface area contributed by atoms with E-state index in [0.29, 0.717) is 19.1 Å². The first-order valence-electron chi connectivity index (χ1n) is 9.28. The maximum Gasteiger partial charge on any atom is 0.266 e. The molecule has 1 aliphatic rings. The Hall–Kier alpha value is -2.65. The highest BCUT2D eigenvalue weighted by molar-refractivity contribution is 7.15. The van der Waals surface area contributed by atoms with E-state index >= 15 is 0 Å². The van der Waals surface area contributed by atoms with Gasteiger partial charge in [-0.05, 0) is 37.0 Å². The van der Waals surface area contributed by atoms with Crippen molar-refractivity contribution in [3.63, 3.8) is 0 Å². The van der Waals surface area contributed by atoms with E-state index in [2.05, 4.69) is 25.2 Å². The van der Waals surface area contributed by atoms with Gasteiger partial charge < -0.3 is 9.64 Å². The Kier molecular flexibility index (Phi) is 5.73. The van der Waals surface area contributed by atoms with Crippen molar-refractivity contribution >= 4 is 16.5 Å². The summed E-state index contributed by atoms with van der Waals surface area (Å²) in [6.45, 7) is 2.95. The van der Waals surface area contributed by atoms with Crippen molar-refractivity contribution in [1.29, 1.82) is 0 Å². The van der Waals surface area contributed by atoms with E-state index in [1.54, 1.807) is 47.7 Å². The Labute approximate surface area is 166 Å². The summed E-state index contributed by atoms with van der Waals surface area (Å²) in [5.41, 5.74) is 1.69. The van der Waals surface area contributed by atoms with Gasteiger partial charge in [0, 0.05) is 50.8 Å². The van der Waals surface area contributed by atoms with Crippen LogP contribution in [-0.4, -0.2) is 45.2 Å². The van der Waals surface area contributed by atoms with E-state index in [4.69, 9.17) is 4.74 Å². The standard InChI is InChI=1S/C19H22N6O2S/c1-27-13-17-21-22-19(28-17)24-10-6-14(7-11-24)12-25-18(26)3-2-16(23-25)15-4-8-20-9-5-15/h2-5,8-9,14H,6-7,10-13H2,1H3. The van der Waals surface area contributed by atoms with Crippen LogP contribution in [0.4, 0.5) is 5.13 Å². The first kappa shape index (κ1) is 18.7. The van der Waals surface area contributed by atoms with Gasteiger partial charge in [0.1, 0.15) is 11.6 Å². The third kappa shape index (κ3) is 4.26. The molecule has 0 aliphatic carbocycles. The van der Waals surface area contributed by atoms with Gasteiger partial charge in [-0.3, -0.25) is 9.78 Å². The number of hydrogen-bond acceptors (Lipinski definition) is 8. The lowest BCUT2D eigenvalue weighted by Crippen LogP contribution is -2.36. The first-order valence-corrected chi connectivity index (χ1v) is 10.1. The highest BCUT2D eigenvalue weighted by Gasteiger charge is 2.23. The third-order valence-electron chi connectivity index (χ3n) is 4.88. The molecular formula is C19H22N6O2S. The summed E-state index contributed by atoms with van der Waals surface area (Å²) in [5, 5.41) is 14.8. The number of pyridine rings is 1. The van der Waals surface area contributed by atoms with Crippen LogP contribution in [-0.2, 0) is 17.9 Å². The van der Waals surface area contributed by atoms with E-state index in [9.17, 15) is 4.79 Å². The number of methoxy groups -OCH3 is 1. The summed E-state index contributed by atoms with van der Waals surface area (Å²) >= 11 is 1.58. The average molecular weight is 398 g/mol. The zero-order valence-corrected chi connectivity index (χ0v) is 16.5. The smallest absolute Gasteiger partial charge is 0.266 e. The number of rotatable bonds is 6. The van der Waals surface area contributed by atoms with Crippen LogP contribution in [0.5, 0.6) is 0 Å². The summed E-state index contributed by atoms with van der Waals surface area (Å²) in [6.07, 6.45) is 5.45. The van der Waals surface area contributed by atoms with Gasteiger partial charge in [0.05, 0.1) is 5.69 Å².